The summed E-state index contributed by atoms with van der Waals surface area (Å²) in [4.78, 5) is 26.2. The molecular formula is C23H23F3N4O5S2. The monoisotopic (exact) mass is 556 g/mol. The molecule has 2 aliphatic heterocycles. The van der Waals surface area contributed by atoms with Gasteiger partial charge in [0.05, 0.1) is 16.6 Å². The Labute approximate surface area is 214 Å². The van der Waals surface area contributed by atoms with Crippen LogP contribution >= 0.6 is 11.3 Å². The molecule has 1 atom stereocenters. The molecule has 1 unspecified atom stereocenters. The van der Waals surface area contributed by atoms with Crippen LogP contribution in [0.2, 0.25) is 0 Å². The lowest BCUT2D eigenvalue weighted by atomic mass is 10.0. The summed E-state index contributed by atoms with van der Waals surface area (Å²) in [7, 11) is -4.74. The first-order valence-electron chi connectivity index (χ1n) is 11.6. The Bertz CT molecular complexity index is 1380. The number of hydrogen-bond donors (Lipinski definition) is 0. The van der Waals surface area contributed by atoms with Gasteiger partial charge in [0, 0.05) is 42.4 Å². The van der Waals surface area contributed by atoms with Gasteiger partial charge in [-0.15, -0.1) is 11.3 Å². The van der Waals surface area contributed by atoms with Crippen molar-refractivity contribution in [1.29, 1.82) is 0 Å². The zero-order valence-corrected chi connectivity index (χ0v) is 21.1. The number of rotatable bonds is 6. The van der Waals surface area contributed by atoms with Gasteiger partial charge in [-0.05, 0) is 55.8 Å². The van der Waals surface area contributed by atoms with E-state index in [0.717, 1.165) is 43.3 Å². The van der Waals surface area contributed by atoms with Gasteiger partial charge in [0.1, 0.15) is 0 Å². The lowest BCUT2D eigenvalue weighted by molar-refractivity contribution is -0.199. The number of alkyl halides is 3. The molecule has 2 aromatic heterocycles. The summed E-state index contributed by atoms with van der Waals surface area (Å²) in [6.45, 7) is 2.37. The number of pyridine rings is 1. The van der Waals surface area contributed by atoms with Crippen LogP contribution < -0.4 is 4.47 Å². The summed E-state index contributed by atoms with van der Waals surface area (Å²) in [6, 6.07) is 6.30. The fourth-order valence-corrected chi connectivity index (χ4v) is 6.90. The van der Waals surface area contributed by atoms with Gasteiger partial charge < -0.3 is 9.57 Å². The van der Waals surface area contributed by atoms with Crippen LogP contribution in [0.3, 0.4) is 0 Å². The van der Waals surface area contributed by atoms with Gasteiger partial charge in [0.2, 0.25) is 5.13 Å². The van der Waals surface area contributed by atoms with Crippen molar-refractivity contribution in [2.75, 3.05) is 24.2 Å². The molecule has 0 radical (unpaired) electrons. The average Bonchev–Trinajstić information content (AvgIpc) is 3.59. The quantitative estimate of drug-likeness (QED) is 0.416. The van der Waals surface area contributed by atoms with Crippen LogP contribution in [-0.2, 0) is 24.4 Å². The van der Waals surface area contributed by atoms with E-state index in [2.05, 4.69) is 19.7 Å². The molecule has 0 amide bonds. The summed E-state index contributed by atoms with van der Waals surface area (Å²) < 4.78 is 70.8. The van der Waals surface area contributed by atoms with Crippen LogP contribution in [0.25, 0.3) is 10.8 Å². The summed E-state index contributed by atoms with van der Waals surface area (Å²) >= 11 is 0.708. The van der Waals surface area contributed by atoms with E-state index in [1.54, 1.807) is 18.3 Å². The van der Waals surface area contributed by atoms with Gasteiger partial charge in [-0.3, -0.25) is 9.88 Å². The molecule has 0 aliphatic carbocycles. The van der Waals surface area contributed by atoms with Crippen LogP contribution in [0.5, 0.6) is 0 Å². The molecule has 0 N–H and O–H groups in total. The molecule has 37 heavy (non-hydrogen) atoms. The Kier molecular flexibility index (Phi) is 7.09. The van der Waals surface area contributed by atoms with Crippen LogP contribution in [0.1, 0.15) is 37.4 Å². The fourth-order valence-electron chi connectivity index (χ4n) is 4.86. The molecule has 4 heterocycles. The highest BCUT2D eigenvalue weighted by atomic mass is 32.2. The molecular weight excluding hydrogens is 533 g/mol. The number of sulfonamides is 1. The van der Waals surface area contributed by atoms with Crippen molar-refractivity contribution in [3.63, 3.8) is 0 Å². The summed E-state index contributed by atoms with van der Waals surface area (Å²) in [5.74, 6) is -2.67. The van der Waals surface area contributed by atoms with E-state index < -0.39 is 27.3 Å². The number of anilines is 1. The standard InChI is InChI=1S/C23H23F3N4O5S2/c24-23(25,26)21(31)35-30(22-28-9-13-36-22)37(32,33)17-3-4-18-15(14-17)5-8-27-20(18)19-2-1-10-29(19)16-6-11-34-12-7-16/h3-5,8-9,13-14,16,19H,1-2,6-7,10-12H2. The number of fused-ring (bicyclic) bond motifs is 1. The third-order valence-electron chi connectivity index (χ3n) is 6.53. The minimum Gasteiger partial charge on any atom is -0.381 e. The molecule has 198 valence electrons. The number of likely N-dealkylation sites (tertiary alicyclic amines) is 1. The third kappa shape index (κ3) is 5.15. The number of thiazole rings is 1. The Balaban J connectivity index is 1.50. The predicted octanol–water partition coefficient (Wildman–Crippen LogP) is 4.22. The normalized spacial score (nSPS) is 19.8. The maximum Gasteiger partial charge on any atom is 0.493 e. The summed E-state index contributed by atoms with van der Waals surface area (Å²) in [6.07, 6.45) is 1.19. The third-order valence-corrected chi connectivity index (χ3v) is 8.91. The van der Waals surface area contributed by atoms with E-state index in [0.29, 0.717) is 36.0 Å². The van der Waals surface area contributed by atoms with Crippen molar-refractivity contribution >= 4 is 43.2 Å². The lowest BCUT2D eigenvalue weighted by Gasteiger charge is -2.35. The van der Waals surface area contributed by atoms with Crippen molar-refractivity contribution in [2.45, 2.75) is 48.8 Å². The van der Waals surface area contributed by atoms with Crippen LogP contribution in [0.15, 0.2) is 46.9 Å². The van der Waals surface area contributed by atoms with Gasteiger partial charge in [-0.1, -0.05) is 10.5 Å². The lowest BCUT2D eigenvalue weighted by Crippen LogP contribution is -2.39. The van der Waals surface area contributed by atoms with Crippen molar-refractivity contribution in [2.24, 2.45) is 0 Å². The van der Waals surface area contributed by atoms with Crippen molar-refractivity contribution in [3.8, 4) is 0 Å². The topological polar surface area (TPSA) is 102 Å². The van der Waals surface area contributed by atoms with Gasteiger partial charge in [0.25, 0.3) is 10.0 Å². The second-order valence-corrected chi connectivity index (χ2v) is 11.4. The molecule has 2 aliphatic rings. The van der Waals surface area contributed by atoms with Crippen molar-refractivity contribution in [1.82, 2.24) is 14.9 Å². The first-order valence-corrected chi connectivity index (χ1v) is 13.9. The van der Waals surface area contributed by atoms with E-state index in [1.165, 1.54) is 23.7 Å². The maximum absolute atomic E-state index is 13.3. The van der Waals surface area contributed by atoms with E-state index in [1.807, 2.05) is 0 Å². The number of aromatic nitrogens is 2. The first kappa shape index (κ1) is 25.8. The second kappa shape index (κ2) is 10.2. The summed E-state index contributed by atoms with van der Waals surface area (Å²) in [5.41, 5.74) is 0.825. The number of halogens is 3. The Morgan fingerprint density at radius 1 is 1.14 bits per heavy atom. The zero-order chi connectivity index (χ0) is 26.2. The molecule has 0 spiro atoms. The Morgan fingerprint density at radius 2 is 1.92 bits per heavy atom. The minimum absolute atomic E-state index is 0.0637. The Hall–Kier alpha value is -2.81. The van der Waals surface area contributed by atoms with E-state index in [9.17, 15) is 26.4 Å². The molecule has 3 aromatic rings. The number of hydrogen-bond acceptors (Lipinski definition) is 9. The molecule has 14 heteroatoms. The first-order chi connectivity index (χ1) is 17.7. The summed E-state index contributed by atoms with van der Waals surface area (Å²) in [5, 5.41) is 2.21. The Morgan fingerprint density at radius 3 is 2.62 bits per heavy atom. The van der Waals surface area contributed by atoms with Crippen LogP contribution in [0, 0.1) is 0 Å². The highest BCUT2D eigenvalue weighted by molar-refractivity contribution is 7.92. The average molecular weight is 557 g/mol. The second-order valence-electron chi connectivity index (χ2n) is 8.74. The smallest absolute Gasteiger partial charge is 0.381 e. The fraction of sp³-hybridized carbons (Fsp3) is 0.435. The highest BCUT2D eigenvalue weighted by Crippen LogP contribution is 2.38. The molecule has 1 aromatic carbocycles. The highest BCUT2D eigenvalue weighted by Gasteiger charge is 2.45. The number of nitrogens with zero attached hydrogens (tertiary/aromatic N) is 4. The minimum atomic E-state index is -5.40. The SMILES string of the molecule is O=C(ON(c1nccs1)S(=O)(=O)c1ccc2c(C3CCCN3C3CCOCC3)nccc2c1)C(F)(F)F. The molecule has 2 saturated heterocycles. The van der Waals surface area contributed by atoms with Crippen LogP contribution in [0.4, 0.5) is 18.3 Å². The maximum atomic E-state index is 13.3. The number of benzene rings is 1. The van der Waals surface area contributed by atoms with Gasteiger partial charge in [-0.25, -0.2) is 9.78 Å². The van der Waals surface area contributed by atoms with Gasteiger partial charge in [0.15, 0.2) is 0 Å². The number of carbonyl (C=O) groups excluding carboxylic acids is 1. The van der Waals surface area contributed by atoms with E-state index in [-0.39, 0.29) is 15.4 Å². The largest absolute Gasteiger partial charge is 0.493 e. The number of ether oxygens (including phenoxy) is 1. The zero-order valence-electron chi connectivity index (χ0n) is 19.4. The van der Waals surface area contributed by atoms with E-state index >= 15 is 0 Å². The molecule has 0 bridgehead atoms. The molecule has 5 rings (SSSR count). The molecule has 0 saturated carbocycles. The van der Waals surface area contributed by atoms with E-state index in [4.69, 9.17) is 4.74 Å². The van der Waals surface area contributed by atoms with Crippen LogP contribution in [-0.4, -0.2) is 61.2 Å². The van der Waals surface area contributed by atoms with Gasteiger partial charge in [-0.2, -0.15) is 21.6 Å². The number of carbonyl (C=O) groups is 1. The predicted molar refractivity (Wildman–Crippen MR) is 128 cm³/mol. The molecule has 9 nitrogen and oxygen atoms in total. The molecule has 2 fully saturated rings. The van der Waals surface area contributed by atoms with Crippen molar-refractivity contribution < 1.29 is 36.0 Å². The van der Waals surface area contributed by atoms with Crippen molar-refractivity contribution in [3.05, 3.63) is 47.7 Å². The van der Waals surface area contributed by atoms with Gasteiger partial charge >= 0.3 is 12.1 Å².